The molecule has 2 aromatic heterocycles. The minimum absolute atomic E-state index is 0.142. The van der Waals surface area contributed by atoms with Gasteiger partial charge in [-0.2, -0.15) is 9.78 Å². The first kappa shape index (κ1) is 17.3. The van der Waals surface area contributed by atoms with Crippen LogP contribution >= 0.6 is 0 Å². The monoisotopic (exact) mass is 334 g/mol. The van der Waals surface area contributed by atoms with Crippen LogP contribution in [0.5, 0.6) is 0 Å². The summed E-state index contributed by atoms with van der Waals surface area (Å²) in [4.78, 5) is 41.9. The summed E-state index contributed by atoms with van der Waals surface area (Å²) < 4.78 is 6.04. The lowest BCUT2D eigenvalue weighted by molar-refractivity contribution is -0.136. The molecule has 0 saturated heterocycles. The molecule has 2 aromatic rings. The summed E-state index contributed by atoms with van der Waals surface area (Å²) in [6.07, 6.45) is 0. The average Bonchev–Trinajstić information content (AvgIpc) is 2.87. The summed E-state index contributed by atoms with van der Waals surface area (Å²) >= 11 is 0. The molecule has 0 aliphatic heterocycles. The van der Waals surface area contributed by atoms with E-state index in [-0.39, 0.29) is 23.9 Å². The number of anilines is 1. The molecule has 0 unspecified atom stereocenters. The number of rotatable bonds is 5. The number of aromatic amines is 1. The first-order valence-electron chi connectivity index (χ1n) is 7.14. The van der Waals surface area contributed by atoms with Gasteiger partial charge in [-0.15, -0.1) is 0 Å². The number of carbonyl (C=O) groups excluding carboxylic acids is 2. The zero-order valence-electron chi connectivity index (χ0n) is 13.5. The molecule has 0 aliphatic carbocycles. The lowest BCUT2D eigenvalue weighted by Gasteiger charge is -2.08. The second-order valence-corrected chi connectivity index (χ2v) is 5.00. The Morgan fingerprint density at radius 2 is 2.00 bits per heavy atom. The van der Waals surface area contributed by atoms with Crippen molar-refractivity contribution in [2.75, 3.05) is 25.6 Å². The van der Waals surface area contributed by atoms with Gasteiger partial charge in [0.2, 0.25) is 5.95 Å². The highest BCUT2D eigenvalue weighted by atomic mass is 16.5. The van der Waals surface area contributed by atoms with E-state index in [0.717, 1.165) is 0 Å². The smallest absolute Gasteiger partial charge is 0.314 e. The van der Waals surface area contributed by atoms with Gasteiger partial charge in [-0.25, -0.2) is 4.98 Å². The molecule has 0 saturated carbocycles. The molecular weight excluding hydrogens is 316 g/mol. The predicted molar refractivity (Wildman–Crippen MR) is 85.0 cm³/mol. The van der Waals surface area contributed by atoms with Gasteiger partial charge in [0, 0.05) is 31.5 Å². The molecule has 2 amide bonds. The Balaban J connectivity index is 2.21. The summed E-state index contributed by atoms with van der Waals surface area (Å²) in [5.41, 5.74) is 0.728. The number of aryl methyl sites for hydroxylation is 2. The van der Waals surface area contributed by atoms with Crippen molar-refractivity contribution in [3.63, 3.8) is 0 Å². The van der Waals surface area contributed by atoms with Gasteiger partial charge in [0.25, 0.3) is 5.56 Å². The Morgan fingerprint density at radius 1 is 1.25 bits per heavy atom. The second kappa shape index (κ2) is 7.51. The van der Waals surface area contributed by atoms with Gasteiger partial charge in [-0.3, -0.25) is 19.4 Å². The maximum atomic E-state index is 11.9. The molecule has 10 nitrogen and oxygen atoms in total. The minimum atomic E-state index is -0.859. The van der Waals surface area contributed by atoms with Crippen LogP contribution in [0, 0.1) is 13.8 Å². The third-order valence-corrected chi connectivity index (χ3v) is 2.93. The van der Waals surface area contributed by atoms with Gasteiger partial charge < -0.3 is 15.4 Å². The van der Waals surface area contributed by atoms with Crippen LogP contribution < -0.4 is 16.2 Å². The van der Waals surface area contributed by atoms with Crippen molar-refractivity contribution in [2.45, 2.75) is 13.8 Å². The van der Waals surface area contributed by atoms with Crippen LogP contribution in [0.15, 0.2) is 16.9 Å². The molecule has 2 heterocycles. The first-order valence-corrected chi connectivity index (χ1v) is 7.14. The van der Waals surface area contributed by atoms with Crippen LogP contribution in [0.25, 0.3) is 5.95 Å². The number of hydrogen-bond donors (Lipinski definition) is 3. The second-order valence-electron chi connectivity index (χ2n) is 5.00. The van der Waals surface area contributed by atoms with Crippen LogP contribution in [0.1, 0.15) is 11.4 Å². The normalized spacial score (nSPS) is 10.5. The molecule has 0 aromatic carbocycles. The van der Waals surface area contributed by atoms with Crippen LogP contribution in [0.2, 0.25) is 0 Å². The van der Waals surface area contributed by atoms with E-state index in [1.165, 1.54) is 17.9 Å². The van der Waals surface area contributed by atoms with E-state index in [1.807, 2.05) is 0 Å². The molecule has 0 atom stereocenters. The number of H-pyrrole nitrogens is 1. The summed E-state index contributed by atoms with van der Waals surface area (Å²) in [6, 6.07) is 2.89. The van der Waals surface area contributed by atoms with Crippen LogP contribution in [0.3, 0.4) is 0 Å². The van der Waals surface area contributed by atoms with Gasteiger partial charge >= 0.3 is 11.8 Å². The third-order valence-electron chi connectivity index (χ3n) is 2.93. The van der Waals surface area contributed by atoms with Crippen molar-refractivity contribution in [3.05, 3.63) is 33.9 Å². The van der Waals surface area contributed by atoms with Crippen molar-refractivity contribution < 1.29 is 14.3 Å². The summed E-state index contributed by atoms with van der Waals surface area (Å²) in [5.74, 6) is -1.30. The maximum absolute atomic E-state index is 11.9. The lowest BCUT2D eigenvalue weighted by atomic mass is 10.4. The van der Waals surface area contributed by atoms with Crippen molar-refractivity contribution in [1.29, 1.82) is 0 Å². The molecule has 0 bridgehead atoms. The Hall–Kier alpha value is -3.01. The average molecular weight is 334 g/mol. The van der Waals surface area contributed by atoms with E-state index in [9.17, 15) is 14.4 Å². The topological polar surface area (TPSA) is 131 Å². The highest BCUT2D eigenvalue weighted by Gasteiger charge is 2.17. The number of nitrogens with one attached hydrogen (secondary N) is 3. The van der Waals surface area contributed by atoms with Crippen LogP contribution in [-0.2, 0) is 14.3 Å². The summed E-state index contributed by atoms with van der Waals surface area (Å²) in [6.45, 7) is 3.88. The minimum Gasteiger partial charge on any atom is -0.383 e. The first-order chi connectivity index (χ1) is 11.4. The predicted octanol–water partition coefficient (Wildman–Crippen LogP) is -0.726. The van der Waals surface area contributed by atoms with Gasteiger partial charge in [0.1, 0.15) is 5.82 Å². The number of hydrogen-bond acceptors (Lipinski definition) is 6. The molecule has 10 heteroatoms. The Labute approximate surface area is 137 Å². The van der Waals surface area contributed by atoms with E-state index in [0.29, 0.717) is 18.0 Å². The number of nitrogens with zero attached hydrogens (tertiary/aromatic N) is 3. The van der Waals surface area contributed by atoms with Crippen molar-refractivity contribution >= 4 is 17.6 Å². The lowest BCUT2D eigenvalue weighted by Crippen LogP contribution is -2.37. The van der Waals surface area contributed by atoms with E-state index in [1.54, 1.807) is 19.9 Å². The molecule has 2 rings (SSSR count). The van der Waals surface area contributed by atoms with Crippen molar-refractivity contribution in [1.82, 2.24) is 25.1 Å². The molecule has 3 N–H and O–H groups in total. The van der Waals surface area contributed by atoms with Crippen molar-refractivity contribution in [2.24, 2.45) is 0 Å². The Morgan fingerprint density at radius 3 is 2.67 bits per heavy atom. The van der Waals surface area contributed by atoms with Crippen molar-refractivity contribution in [3.8, 4) is 5.95 Å². The van der Waals surface area contributed by atoms with E-state index < -0.39 is 11.8 Å². The fraction of sp³-hybridized carbons (Fsp3) is 0.357. The summed E-state index contributed by atoms with van der Waals surface area (Å²) in [7, 11) is 1.49. The molecular formula is C14H18N6O4. The van der Waals surface area contributed by atoms with E-state index >= 15 is 0 Å². The standard InChI is InChI=1S/C14H18N6O4/c1-8-7-11(21)18-14(16-8)20-10(6-9(2)19-20)17-13(23)12(22)15-4-5-24-3/h6-7H,4-5H2,1-3H3,(H,15,22)(H,17,23)(H,16,18,21). The summed E-state index contributed by atoms with van der Waals surface area (Å²) in [5, 5.41) is 9.02. The largest absolute Gasteiger partial charge is 0.383 e. The molecule has 0 spiro atoms. The SMILES string of the molecule is COCCNC(=O)C(=O)Nc1cc(C)nn1-c1nc(C)cc(=O)[nH]1. The molecule has 128 valence electrons. The maximum Gasteiger partial charge on any atom is 0.314 e. The highest BCUT2D eigenvalue weighted by molar-refractivity contribution is 6.39. The fourth-order valence-corrected chi connectivity index (χ4v) is 1.93. The molecule has 24 heavy (non-hydrogen) atoms. The highest BCUT2D eigenvalue weighted by Crippen LogP contribution is 2.13. The fourth-order valence-electron chi connectivity index (χ4n) is 1.93. The Kier molecular flexibility index (Phi) is 5.42. The zero-order valence-corrected chi connectivity index (χ0v) is 13.5. The number of aromatic nitrogens is 4. The van der Waals surface area contributed by atoms with Gasteiger partial charge in [-0.05, 0) is 13.8 Å². The van der Waals surface area contributed by atoms with E-state index in [2.05, 4.69) is 25.7 Å². The molecule has 0 fully saturated rings. The quantitative estimate of drug-likeness (QED) is 0.488. The van der Waals surface area contributed by atoms with Gasteiger partial charge in [-0.1, -0.05) is 0 Å². The number of carbonyl (C=O) groups is 2. The van der Waals surface area contributed by atoms with Crippen LogP contribution in [0.4, 0.5) is 5.82 Å². The molecule has 0 radical (unpaired) electrons. The van der Waals surface area contributed by atoms with E-state index in [4.69, 9.17) is 4.74 Å². The number of methoxy groups -OCH3 is 1. The van der Waals surface area contributed by atoms with Gasteiger partial charge in [0.05, 0.1) is 12.3 Å². The molecule has 0 aliphatic rings. The third kappa shape index (κ3) is 4.26. The number of amides is 2. The van der Waals surface area contributed by atoms with Gasteiger partial charge in [0.15, 0.2) is 0 Å². The Bertz CT molecular complexity index is 810. The zero-order chi connectivity index (χ0) is 17.7. The van der Waals surface area contributed by atoms with Crippen LogP contribution in [-0.4, -0.2) is 51.8 Å². The number of ether oxygens (including phenoxy) is 1.